The van der Waals surface area contributed by atoms with E-state index in [1.165, 1.54) is 11.6 Å². The first kappa shape index (κ1) is 14.7. The second kappa shape index (κ2) is 7.17. The predicted octanol–water partition coefficient (Wildman–Crippen LogP) is 2.96. The van der Waals surface area contributed by atoms with Gasteiger partial charge in [-0.2, -0.15) is 0 Å². The summed E-state index contributed by atoms with van der Waals surface area (Å²) in [7, 11) is 2.01. The average molecular weight is 272 g/mol. The van der Waals surface area contributed by atoms with E-state index < -0.39 is 0 Å². The third-order valence-corrected chi connectivity index (χ3v) is 3.41. The zero-order chi connectivity index (χ0) is 14.4. The highest BCUT2D eigenvalue weighted by molar-refractivity contribution is 5.25. The van der Waals surface area contributed by atoms with Crippen molar-refractivity contribution in [1.82, 2.24) is 4.90 Å². The zero-order valence-corrected chi connectivity index (χ0v) is 11.8. The summed E-state index contributed by atoms with van der Waals surface area (Å²) in [6, 6.07) is 15.4. The van der Waals surface area contributed by atoms with Gasteiger partial charge in [0.1, 0.15) is 5.82 Å². The summed E-state index contributed by atoms with van der Waals surface area (Å²) in [6.45, 7) is 1.95. The van der Waals surface area contributed by atoms with Crippen LogP contribution in [0.3, 0.4) is 0 Å². The summed E-state index contributed by atoms with van der Waals surface area (Å²) in [5.74, 6) is -0.159. The monoisotopic (exact) mass is 272 g/mol. The van der Waals surface area contributed by atoms with Gasteiger partial charge in [0.15, 0.2) is 0 Å². The van der Waals surface area contributed by atoms with E-state index in [0.717, 1.165) is 18.5 Å². The molecule has 106 valence electrons. The molecule has 20 heavy (non-hydrogen) atoms. The van der Waals surface area contributed by atoms with Crippen molar-refractivity contribution >= 4 is 0 Å². The first-order valence-corrected chi connectivity index (χ1v) is 6.89. The van der Waals surface area contributed by atoms with E-state index in [1.807, 2.05) is 31.3 Å². The van der Waals surface area contributed by atoms with Crippen molar-refractivity contribution in [2.45, 2.75) is 19.5 Å². The Morgan fingerprint density at radius 3 is 2.50 bits per heavy atom. The minimum Gasteiger partial charge on any atom is -0.326 e. The molecule has 2 nitrogen and oxygen atoms in total. The van der Waals surface area contributed by atoms with Crippen molar-refractivity contribution < 1.29 is 4.39 Å². The van der Waals surface area contributed by atoms with Gasteiger partial charge in [-0.15, -0.1) is 0 Å². The molecule has 0 spiro atoms. The number of hydrogen-bond acceptors (Lipinski definition) is 2. The van der Waals surface area contributed by atoms with E-state index in [9.17, 15) is 4.39 Å². The van der Waals surface area contributed by atoms with Crippen LogP contribution in [-0.2, 0) is 19.5 Å². The third-order valence-electron chi connectivity index (χ3n) is 3.41. The van der Waals surface area contributed by atoms with Gasteiger partial charge in [0.25, 0.3) is 0 Å². The normalized spacial score (nSPS) is 11.0. The molecule has 0 aromatic heterocycles. The Kier molecular flexibility index (Phi) is 5.27. The first-order chi connectivity index (χ1) is 9.69. The fraction of sp³-hybridized carbons (Fsp3) is 0.294. The van der Waals surface area contributed by atoms with Crippen LogP contribution in [0, 0.1) is 5.82 Å². The molecule has 0 radical (unpaired) electrons. The molecule has 2 rings (SSSR count). The van der Waals surface area contributed by atoms with Crippen LogP contribution in [0.5, 0.6) is 0 Å². The van der Waals surface area contributed by atoms with Crippen LogP contribution in [-0.4, -0.2) is 18.5 Å². The number of nitrogens with zero attached hydrogens (tertiary/aromatic N) is 1. The molecule has 0 amide bonds. The quantitative estimate of drug-likeness (QED) is 0.876. The van der Waals surface area contributed by atoms with E-state index in [4.69, 9.17) is 5.73 Å². The second-order valence-electron chi connectivity index (χ2n) is 5.10. The van der Waals surface area contributed by atoms with Crippen molar-refractivity contribution in [3.63, 3.8) is 0 Å². The fourth-order valence-corrected chi connectivity index (χ4v) is 2.21. The Morgan fingerprint density at radius 1 is 1.05 bits per heavy atom. The van der Waals surface area contributed by atoms with Gasteiger partial charge in [-0.25, -0.2) is 4.39 Å². The molecule has 0 atom stereocenters. The molecule has 3 heteroatoms. The lowest BCUT2D eigenvalue weighted by Gasteiger charge is -2.17. The summed E-state index contributed by atoms with van der Waals surface area (Å²) in [5.41, 5.74) is 8.58. The second-order valence-corrected chi connectivity index (χ2v) is 5.10. The van der Waals surface area contributed by atoms with Gasteiger partial charge in [0.2, 0.25) is 0 Å². The molecule has 2 N–H and O–H groups in total. The van der Waals surface area contributed by atoms with Crippen LogP contribution in [0.25, 0.3) is 0 Å². The zero-order valence-electron chi connectivity index (χ0n) is 11.8. The molecule has 0 aliphatic carbocycles. The van der Waals surface area contributed by atoms with Crippen LogP contribution in [0.4, 0.5) is 4.39 Å². The summed E-state index contributed by atoms with van der Waals surface area (Å²) in [6.07, 6.45) is 0.968. The maximum absolute atomic E-state index is 13.8. The summed E-state index contributed by atoms with van der Waals surface area (Å²) >= 11 is 0. The smallest absolute Gasteiger partial charge is 0.127 e. The number of rotatable bonds is 6. The lowest BCUT2D eigenvalue weighted by molar-refractivity contribution is 0.325. The van der Waals surface area contributed by atoms with Crippen LogP contribution in [0.1, 0.15) is 16.7 Å². The fourth-order valence-electron chi connectivity index (χ4n) is 2.21. The van der Waals surface area contributed by atoms with Gasteiger partial charge in [0, 0.05) is 25.2 Å². The molecule has 0 saturated carbocycles. The Labute approximate surface area is 120 Å². The van der Waals surface area contributed by atoms with Crippen molar-refractivity contribution in [2.24, 2.45) is 5.73 Å². The average Bonchev–Trinajstić information content (AvgIpc) is 2.48. The molecule has 0 unspecified atom stereocenters. The Bertz CT molecular complexity index is 540. The molecule has 0 fully saturated rings. The molecule has 0 bridgehead atoms. The number of benzene rings is 2. The van der Waals surface area contributed by atoms with Crippen molar-refractivity contribution in [1.29, 1.82) is 0 Å². The number of nitrogens with two attached hydrogens (primary N) is 1. The van der Waals surface area contributed by atoms with Crippen molar-refractivity contribution in [2.75, 3.05) is 13.6 Å². The molecule has 0 heterocycles. The highest BCUT2D eigenvalue weighted by Crippen LogP contribution is 2.13. The van der Waals surface area contributed by atoms with Gasteiger partial charge in [-0.05, 0) is 30.7 Å². The highest BCUT2D eigenvalue weighted by atomic mass is 19.1. The SMILES string of the molecule is CN(CCc1ccccc1)Cc1cc(CN)ccc1F. The Hall–Kier alpha value is -1.71. The topological polar surface area (TPSA) is 29.3 Å². The molecular weight excluding hydrogens is 251 g/mol. The van der Waals surface area contributed by atoms with Crippen LogP contribution in [0.2, 0.25) is 0 Å². The van der Waals surface area contributed by atoms with Gasteiger partial charge in [-0.3, -0.25) is 0 Å². The van der Waals surface area contributed by atoms with Gasteiger partial charge < -0.3 is 10.6 Å². The number of hydrogen-bond donors (Lipinski definition) is 1. The molecular formula is C17H21FN2. The molecule has 0 aliphatic rings. The van der Waals surface area contributed by atoms with E-state index in [-0.39, 0.29) is 5.82 Å². The molecule has 0 aliphatic heterocycles. The third kappa shape index (κ3) is 4.15. The molecule has 2 aromatic rings. The lowest BCUT2D eigenvalue weighted by atomic mass is 10.1. The van der Waals surface area contributed by atoms with Crippen LogP contribution >= 0.6 is 0 Å². The van der Waals surface area contributed by atoms with Gasteiger partial charge in [0.05, 0.1) is 0 Å². The van der Waals surface area contributed by atoms with Crippen LogP contribution in [0.15, 0.2) is 48.5 Å². The summed E-state index contributed by atoms with van der Waals surface area (Å²) in [5, 5.41) is 0. The van der Waals surface area contributed by atoms with Gasteiger partial charge in [-0.1, -0.05) is 42.5 Å². The van der Waals surface area contributed by atoms with Crippen LogP contribution < -0.4 is 5.73 Å². The standard InChI is InChI=1S/C17H21FN2/c1-20(10-9-14-5-3-2-4-6-14)13-16-11-15(12-19)7-8-17(16)18/h2-8,11H,9-10,12-13,19H2,1H3. The van der Waals surface area contributed by atoms with E-state index >= 15 is 0 Å². The van der Waals surface area contributed by atoms with Crippen molar-refractivity contribution in [3.8, 4) is 0 Å². The lowest BCUT2D eigenvalue weighted by Crippen LogP contribution is -2.21. The molecule has 2 aromatic carbocycles. The van der Waals surface area contributed by atoms with Gasteiger partial charge >= 0.3 is 0 Å². The summed E-state index contributed by atoms with van der Waals surface area (Å²) < 4.78 is 13.8. The van der Waals surface area contributed by atoms with Crippen molar-refractivity contribution in [3.05, 3.63) is 71.0 Å². The van der Waals surface area contributed by atoms with E-state index in [1.54, 1.807) is 6.07 Å². The van der Waals surface area contributed by atoms with E-state index in [2.05, 4.69) is 17.0 Å². The van der Waals surface area contributed by atoms with E-state index in [0.29, 0.717) is 18.7 Å². The number of likely N-dealkylation sites (N-methyl/N-ethyl adjacent to an activating group) is 1. The molecule has 0 saturated heterocycles. The maximum Gasteiger partial charge on any atom is 0.127 e. The highest BCUT2D eigenvalue weighted by Gasteiger charge is 2.07. The predicted molar refractivity (Wildman–Crippen MR) is 80.8 cm³/mol. The first-order valence-electron chi connectivity index (χ1n) is 6.89. The Balaban J connectivity index is 1.92. The summed E-state index contributed by atoms with van der Waals surface area (Å²) in [4.78, 5) is 2.13. The largest absolute Gasteiger partial charge is 0.326 e. The maximum atomic E-state index is 13.8. The minimum absolute atomic E-state index is 0.159. The Morgan fingerprint density at radius 2 is 1.80 bits per heavy atom. The minimum atomic E-state index is -0.159. The number of halogens is 1.